The summed E-state index contributed by atoms with van der Waals surface area (Å²) in [5, 5.41) is 0. The van der Waals surface area contributed by atoms with Gasteiger partial charge < -0.3 is 4.74 Å². The van der Waals surface area contributed by atoms with Crippen LogP contribution >= 0.6 is 0 Å². The number of benzene rings is 1. The molecule has 12 heavy (non-hydrogen) atoms. The van der Waals surface area contributed by atoms with Crippen LogP contribution in [-0.4, -0.2) is 5.97 Å². The van der Waals surface area contributed by atoms with Gasteiger partial charge in [0.15, 0.2) is 0 Å². The third-order valence-electron chi connectivity index (χ3n) is 1.32. The van der Waals surface area contributed by atoms with Gasteiger partial charge in [-0.05, 0) is 17.7 Å². The highest BCUT2D eigenvalue weighted by Gasteiger charge is 1.95. The predicted molar refractivity (Wildman–Crippen MR) is 45.3 cm³/mol. The molecule has 0 aliphatic rings. The maximum Gasteiger partial charge on any atom is 0.330 e. The zero-order valence-electron chi connectivity index (χ0n) is 6.62. The molecule has 0 fully saturated rings. The van der Waals surface area contributed by atoms with Crippen LogP contribution in [0.4, 0.5) is 0 Å². The monoisotopic (exact) mass is 161 g/mol. The number of hydrogen-bond donors (Lipinski definition) is 0. The molecular formula is C10H9O2. The molecule has 0 atom stereocenters. The molecule has 0 saturated heterocycles. The first kappa shape index (κ1) is 8.53. The van der Waals surface area contributed by atoms with E-state index in [1.54, 1.807) is 12.1 Å². The van der Waals surface area contributed by atoms with E-state index in [0.29, 0.717) is 0 Å². The highest BCUT2D eigenvalue weighted by Crippen LogP contribution is 1.99. The molecule has 0 spiro atoms. The van der Waals surface area contributed by atoms with E-state index < -0.39 is 5.97 Å². The van der Waals surface area contributed by atoms with E-state index in [4.69, 9.17) is 4.74 Å². The van der Waals surface area contributed by atoms with E-state index in [0.717, 1.165) is 11.6 Å². The fraction of sp³-hybridized carbons (Fsp3) is 0.100. The molecule has 0 amide bonds. The van der Waals surface area contributed by atoms with Gasteiger partial charge in [-0.1, -0.05) is 24.8 Å². The van der Waals surface area contributed by atoms with Crippen molar-refractivity contribution in [1.82, 2.24) is 0 Å². The fourth-order valence-electron chi connectivity index (χ4n) is 0.734. The largest absolute Gasteiger partial charge is 0.458 e. The topological polar surface area (TPSA) is 26.3 Å². The molecule has 2 nitrogen and oxygen atoms in total. The first-order chi connectivity index (χ1) is 5.83. The second kappa shape index (κ2) is 4.34. The maximum absolute atomic E-state index is 10.6. The van der Waals surface area contributed by atoms with E-state index in [9.17, 15) is 4.79 Å². The number of carbonyl (C=O) groups excluding carboxylic acids is 1. The summed E-state index contributed by atoms with van der Waals surface area (Å²) < 4.78 is 4.80. The smallest absolute Gasteiger partial charge is 0.330 e. The Morgan fingerprint density at radius 2 is 2.58 bits per heavy atom. The molecule has 0 unspecified atom stereocenters. The van der Waals surface area contributed by atoms with Gasteiger partial charge in [-0.15, -0.1) is 0 Å². The molecule has 61 valence electrons. The molecule has 1 aromatic carbocycles. The van der Waals surface area contributed by atoms with Gasteiger partial charge in [-0.25, -0.2) is 4.79 Å². The van der Waals surface area contributed by atoms with E-state index in [1.807, 2.05) is 12.1 Å². The minimum Gasteiger partial charge on any atom is -0.458 e. The van der Waals surface area contributed by atoms with E-state index in [2.05, 4.69) is 12.6 Å². The predicted octanol–water partition coefficient (Wildman–Crippen LogP) is 1.72. The average Bonchev–Trinajstić information content (AvgIpc) is 2.16. The van der Waals surface area contributed by atoms with Crippen molar-refractivity contribution in [3.8, 4) is 0 Å². The summed E-state index contributed by atoms with van der Waals surface area (Å²) in [4.78, 5) is 10.6. The first-order valence-corrected chi connectivity index (χ1v) is 3.57. The molecule has 0 aromatic heterocycles. The van der Waals surface area contributed by atoms with Crippen molar-refractivity contribution >= 4 is 5.97 Å². The number of hydrogen-bond acceptors (Lipinski definition) is 2. The van der Waals surface area contributed by atoms with E-state index in [1.165, 1.54) is 0 Å². The van der Waals surface area contributed by atoms with Gasteiger partial charge in [0, 0.05) is 6.08 Å². The van der Waals surface area contributed by atoms with Crippen molar-refractivity contribution in [2.45, 2.75) is 6.61 Å². The molecule has 1 aromatic rings. The van der Waals surface area contributed by atoms with Crippen molar-refractivity contribution in [2.24, 2.45) is 0 Å². The number of ether oxygens (including phenoxy) is 1. The van der Waals surface area contributed by atoms with Crippen molar-refractivity contribution in [1.29, 1.82) is 0 Å². The normalized spacial score (nSPS) is 9.00. The second-order valence-corrected chi connectivity index (χ2v) is 2.22. The highest BCUT2D eigenvalue weighted by atomic mass is 16.5. The third-order valence-corrected chi connectivity index (χ3v) is 1.32. The summed E-state index contributed by atoms with van der Waals surface area (Å²) >= 11 is 0. The molecule has 1 radical (unpaired) electrons. The molecule has 0 bridgehead atoms. The van der Waals surface area contributed by atoms with Gasteiger partial charge in [0.1, 0.15) is 6.61 Å². The van der Waals surface area contributed by atoms with Gasteiger partial charge in [0.05, 0.1) is 0 Å². The molecular weight excluding hydrogens is 152 g/mol. The van der Waals surface area contributed by atoms with Gasteiger partial charge in [0.25, 0.3) is 0 Å². The van der Waals surface area contributed by atoms with Crippen LogP contribution in [0.3, 0.4) is 0 Å². The van der Waals surface area contributed by atoms with Crippen molar-refractivity contribution in [3.05, 3.63) is 48.6 Å². The molecule has 0 N–H and O–H groups in total. The fourth-order valence-corrected chi connectivity index (χ4v) is 0.734. The van der Waals surface area contributed by atoms with Crippen LogP contribution in [0.2, 0.25) is 0 Å². The van der Waals surface area contributed by atoms with Crippen LogP contribution in [-0.2, 0) is 16.1 Å². The molecule has 2 heteroatoms. The summed E-state index contributed by atoms with van der Waals surface area (Å²) in [6.45, 7) is 3.57. The standard InChI is InChI=1S/C10H9O2/c1-2-10(11)12-8-9-6-4-3-5-7-9/h2-4,6-7H,1,8H2. The van der Waals surface area contributed by atoms with Crippen LogP contribution in [0.15, 0.2) is 36.9 Å². The zero-order valence-corrected chi connectivity index (χ0v) is 6.62. The molecule has 0 aliphatic heterocycles. The zero-order chi connectivity index (χ0) is 8.81. The van der Waals surface area contributed by atoms with Gasteiger partial charge in [-0.3, -0.25) is 0 Å². The SMILES string of the molecule is C=CC(=O)OCc1c[c]ccc1. The minimum atomic E-state index is -0.404. The lowest BCUT2D eigenvalue weighted by molar-refractivity contribution is -0.138. The van der Waals surface area contributed by atoms with Crippen LogP contribution in [0.5, 0.6) is 0 Å². The Kier molecular flexibility index (Phi) is 3.08. The second-order valence-electron chi connectivity index (χ2n) is 2.22. The average molecular weight is 161 g/mol. The molecule has 1 rings (SSSR count). The van der Waals surface area contributed by atoms with Gasteiger partial charge >= 0.3 is 5.97 Å². The van der Waals surface area contributed by atoms with Gasteiger partial charge in [0.2, 0.25) is 0 Å². The minimum absolute atomic E-state index is 0.280. The van der Waals surface area contributed by atoms with Crippen molar-refractivity contribution < 1.29 is 9.53 Å². The van der Waals surface area contributed by atoms with Crippen LogP contribution < -0.4 is 0 Å². The summed E-state index contributed by atoms with van der Waals surface area (Å²) in [5.74, 6) is -0.404. The summed E-state index contributed by atoms with van der Waals surface area (Å²) in [7, 11) is 0. The maximum atomic E-state index is 10.6. The Morgan fingerprint density at radius 3 is 3.17 bits per heavy atom. The van der Waals surface area contributed by atoms with Crippen LogP contribution in [0.1, 0.15) is 5.56 Å². The summed E-state index contributed by atoms with van der Waals surface area (Å²) in [5.41, 5.74) is 0.924. The highest BCUT2D eigenvalue weighted by molar-refractivity contribution is 5.81. The Hall–Kier alpha value is -1.57. The van der Waals surface area contributed by atoms with E-state index in [-0.39, 0.29) is 6.61 Å². The Labute approximate surface area is 71.5 Å². The number of esters is 1. The quantitative estimate of drug-likeness (QED) is 0.498. The Balaban J connectivity index is 2.43. The number of carbonyl (C=O) groups is 1. The number of rotatable bonds is 3. The Morgan fingerprint density at radius 1 is 1.75 bits per heavy atom. The van der Waals surface area contributed by atoms with Gasteiger partial charge in [-0.2, -0.15) is 0 Å². The first-order valence-electron chi connectivity index (χ1n) is 3.57. The summed E-state index contributed by atoms with van der Waals surface area (Å²) in [6.07, 6.45) is 1.15. The lowest BCUT2D eigenvalue weighted by Gasteiger charge is -2.00. The molecule has 0 saturated carbocycles. The molecule has 0 heterocycles. The van der Waals surface area contributed by atoms with E-state index >= 15 is 0 Å². The van der Waals surface area contributed by atoms with Crippen LogP contribution in [0, 0.1) is 6.07 Å². The Bertz CT molecular complexity index is 264. The van der Waals surface area contributed by atoms with Crippen molar-refractivity contribution in [3.63, 3.8) is 0 Å². The van der Waals surface area contributed by atoms with Crippen molar-refractivity contribution in [2.75, 3.05) is 0 Å². The third kappa shape index (κ3) is 2.58. The lowest BCUT2D eigenvalue weighted by Crippen LogP contribution is -1.99. The summed E-state index contributed by atoms with van der Waals surface area (Å²) in [6, 6.07) is 10.2. The lowest BCUT2D eigenvalue weighted by atomic mass is 10.2. The van der Waals surface area contributed by atoms with Crippen LogP contribution in [0.25, 0.3) is 0 Å². The molecule has 0 aliphatic carbocycles.